The number of halogens is 1. The predicted octanol–water partition coefficient (Wildman–Crippen LogP) is 2.51. The van der Waals surface area contributed by atoms with Crippen LogP contribution in [0.4, 0.5) is 4.39 Å². The van der Waals surface area contributed by atoms with E-state index in [0.29, 0.717) is 19.5 Å². The molecule has 3 rings (SSSR count). The number of benzene rings is 1. The molecule has 7 heteroatoms. The van der Waals surface area contributed by atoms with Crippen molar-refractivity contribution in [1.82, 2.24) is 24.8 Å². The summed E-state index contributed by atoms with van der Waals surface area (Å²) < 4.78 is 15.3. The monoisotopic (exact) mass is 354 g/mol. The van der Waals surface area contributed by atoms with Crippen LogP contribution in [0.2, 0.25) is 0 Å². The van der Waals surface area contributed by atoms with Crippen LogP contribution in [0.15, 0.2) is 53.7 Å². The second-order valence-electron chi connectivity index (χ2n) is 6.02. The maximum absolute atomic E-state index is 13.4. The zero-order valence-corrected chi connectivity index (χ0v) is 15.1. The SMILES string of the molecule is CCNC(=NCCc1nnc2ccccn12)N(C)Cc1cccc(F)c1. The van der Waals surface area contributed by atoms with Crippen LogP contribution in [-0.4, -0.2) is 45.6 Å². The van der Waals surface area contributed by atoms with E-state index in [-0.39, 0.29) is 5.82 Å². The number of guanidine groups is 1. The highest BCUT2D eigenvalue weighted by molar-refractivity contribution is 5.79. The molecule has 6 nitrogen and oxygen atoms in total. The van der Waals surface area contributed by atoms with E-state index >= 15 is 0 Å². The number of nitrogens with zero attached hydrogens (tertiary/aromatic N) is 5. The molecule has 0 fully saturated rings. The number of fused-ring (bicyclic) bond motifs is 1. The van der Waals surface area contributed by atoms with Gasteiger partial charge in [0, 0.05) is 39.3 Å². The fourth-order valence-corrected chi connectivity index (χ4v) is 2.78. The average Bonchev–Trinajstić information content (AvgIpc) is 3.04. The van der Waals surface area contributed by atoms with E-state index in [0.717, 1.165) is 29.5 Å². The molecule has 3 aromatic rings. The minimum atomic E-state index is -0.225. The Kier molecular flexibility index (Phi) is 5.78. The summed E-state index contributed by atoms with van der Waals surface area (Å²) in [5, 5.41) is 11.7. The maximum atomic E-state index is 13.4. The molecule has 0 aliphatic heterocycles. The molecule has 1 aromatic carbocycles. The molecular formula is C19H23FN6. The summed E-state index contributed by atoms with van der Waals surface area (Å²) in [7, 11) is 1.94. The first kappa shape index (κ1) is 17.8. The van der Waals surface area contributed by atoms with Gasteiger partial charge in [0.25, 0.3) is 0 Å². The minimum absolute atomic E-state index is 0.225. The van der Waals surface area contributed by atoms with E-state index in [1.165, 1.54) is 6.07 Å². The lowest BCUT2D eigenvalue weighted by molar-refractivity contribution is 0.475. The fourth-order valence-electron chi connectivity index (χ4n) is 2.78. The summed E-state index contributed by atoms with van der Waals surface area (Å²) >= 11 is 0. The molecule has 0 spiro atoms. The number of aliphatic imine (C=N–C) groups is 1. The number of hydrogen-bond donors (Lipinski definition) is 1. The summed E-state index contributed by atoms with van der Waals surface area (Å²) in [5.74, 6) is 1.44. The van der Waals surface area contributed by atoms with Crippen molar-refractivity contribution in [1.29, 1.82) is 0 Å². The summed E-state index contributed by atoms with van der Waals surface area (Å²) in [6.45, 7) is 3.96. The van der Waals surface area contributed by atoms with Gasteiger partial charge in [0.15, 0.2) is 11.6 Å². The van der Waals surface area contributed by atoms with Crippen LogP contribution in [0.3, 0.4) is 0 Å². The second kappa shape index (κ2) is 8.42. The van der Waals surface area contributed by atoms with Crippen molar-refractivity contribution < 1.29 is 4.39 Å². The van der Waals surface area contributed by atoms with Crippen LogP contribution in [-0.2, 0) is 13.0 Å². The minimum Gasteiger partial charge on any atom is -0.357 e. The molecule has 0 radical (unpaired) electrons. The van der Waals surface area contributed by atoms with Crippen molar-refractivity contribution >= 4 is 11.6 Å². The Morgan fingerprint density at radius 3 is 2.92 bits per heavy atom. The van der Waals surface area contributed by atoms with Gasteiger partial charge in [-0.05, 0) is 36.8 Å². The van der Waals surface area contributed by atoms with Crippen LogP contribution >= 0.6 is 0 Å². The van der Waals surface area contributed by atoms with Crippen molar-refractivity contribution in [2.24, 2.45) is 4.99 Å². The van der Waals surface area contributed by atoms with Crippen LogP contribution < -0.4 is 5.32 Å². The Morgan fingerprint density at radius 1 is 1.23 bits per heavy atom. The molecule has 0 unspecified atom stereocenters. The van der Waals surface area contributed by atoms with Gasteiger partial charge < -0.3 is 10.2 Å². The van der Waals surface area contributed by atoms with Gasteiger partial charge in [-0.3, -0.25) is 9.39 Å². The smallest absolute Gasteiger partial charge is 0.193 e. The van der Waals surface area contributed by atoms with Gasteiger partial charge in [0.1, 0.15) is 11.6 Å². The zero-order valence-electron chi connectivity index (χ0n) is 15.1. The molecule has 0 saturated heterocycles. The van der Waals surface area contributed by atoms with Crippen molar-refractivity contribution in [2.45, 2.75) is 19.9 Å². The maximum Gasteiger partial charge on any atom is 0.193 e. The molecule has 0 bridgehead atoms. The van der Waals surface area contributed by atoms with Crippen molar-refractivity contribution in [3.8, 4) is 0 Å². The highest BCUT2D eigenvalue weighted by Gasteiger charge is 2.08. The Balaban J connectivity index is 1.66. The topological polar surface area (TPSA) is 57.8 Å². The quantitative estimate of drug-likeness (QED) is 0.546. The number of aromatic nitrogens is 3. The number of nitrogens with one attached hydrogen (secondary N) is 1. The molecule has 26 heavy (non-hydrogen) atoms. The first-order valence-electron chi connectivity index (χ1n) is 8.70. The van der Waals surface area contributed by atoms with Crippen LogP contribution in [0.5, 0.6) is 0 Å². The van der Waals surface area contributed by atoms with E-state index in [1.54, 1.807) is 12.1 Å². The molecule has 2 heterocycles. The zero-order chi connectivity index (χ0) is 18.4. The molecular weight excluding hydrogens is 331 g/mol. The third-order valence-electron chi connectivity index (χ3n) is 3.99. The van der Waals surface area contributed by atoms with Gasteiger partial charge in [-0.25, -0.2) is 4.39 Å². The fraction of sp³-hybridized carbons (Fsp3) is 0.316. The lowest BCUT2D eigenvalue weighted by Gasteiger charge is -2.22. The molecule has 1 N–H and O–H groups in total. The van der Waals surface area contributed by atoms with E-state index in [1.807, 2.05) is 53.7 Å². The largest absolute Gasteiger partial charge is 0.357 e. The standard InChI is InChI=1S/C19H23FN6/c1-3-21-19(25(2)14-15-7-6-8-16(20)13-15)22-11-10-18-24-23-17-9-4-5-12-26(17)18/h4-9,12-13H,3,10-11,14H2,1-2H3,(H,21,22). The van der Waals surface area contributed by atoms with Crippen LogP contribution in [0, 0.1) is 5.82 Å². The first-order valence-corrected chi connectivity index (χ1v) is 8.70. The molecule has 0 amide bonds. The summed E-state index contributed by atoms with van der Waals surface area (Å²) in [6, 6.07) is 12.5. The van der Waals surface area contributed by atoms with Crippen LogP contribution in [0.1, 0.15) is 18.3 Å². The molecule has 136 valence electrons. The Labute approximate surface area is 152 Å². The third-order valence-corrected chi connectivity index (χ3v) is 3.99. The molecule has 0 atom stereocenters. The average molecular weight is 354 g/mol. The second-order valence-corrected chi connectivity index (χ2v) is 6.02. The van der Waals surface area contributed by atoms with E-state index in [9.17, 15) is 4.39 Å². The highest BCUT2D eigenvalue weighted by Crippen LogP contribution is 2.07. The number of rotatable bonds is 6. The number of hydrogen-bond acceptors (Lipinski definition) is 3. The lowest BCUT2D eigenvalue weighted by Crippen LogP contribution is -2.38. The molecule has 0 aliphatic carbocycles. The first-order chi connectivity index (χ1) is 12.7. The Bertz CT molecular complexity index is 888. The Hall–Kier alpha value is -2.96. The normalized spacial score (nSPS) is 11.7. The van der Waals surface area contributed by atoms with Gasteiger partial charge in [0.2, 0.25) is 0 Å². The van der Waals surface area contributed by atoms with Crippen molar-refractivity contribution in [2.75, 3.05) is 20.1 Å². The van der Waals surface area contributed by atoms with E-state index < -0.39 is 0 Å². The van der Waals surface area contributed by atoms with E-state index in [4.69, 9.17) is 0 Å². The summed E-state index contributed by atoms with van der Waals surface area (Å²) in [4.78, 5) is 6.66. The predicted molar refractivity (Wildman–Crippen MR) is 101 cm³/mol. The highest BCUT2D eigenvalue weighted by atomic mass is 19.1. The number of pyridine rings is 1. The third kappa shape index (κ3) is 4.36. The lowest BCUT2D eigenvalue weighted by atomic mass is 10.2. The van der Waals surface area contributed by atoms with Gasteiger partial charge in [-0.15, -0.1) is 10.2 Å². The van der Waals surface area contributed by atoms with Crippen LogP contribution in [0.25, 0.3) is 5.65 Å². The van der Waals surface area contributed by atoms with E-state index in [2.05, 4.69) is 20.5 Å². The Morgan fingerprint density at radius 2 is 2.12 bits per heavy atom. The van der Waals surface area contributed by atoms with Gasteiger partial charge in [-0.1, -0.05) is 18.2 Å². The van der Waals surface area contributed by atoms with Gasteiger partial charge in [0.05, 0.1) is 0 Å². The molecule has 0 aliphatic rings. The van der Waals surface area contributed by atoms with Crippen molar-refractivity contribution in [3.63, 3.8) is 0 Å². The van der Waals surface area contributed by atoms with Gasteiger partial charge in [-0.2, -0.15) is 0 Å². The molecule has 0 saturated carbocycles. The molecule has 2 aromatic heterocycles. The summed E-state index contributed by atoms with van der Waals surface area (Å²) in [6.07, 6.45) is 2.64. The van der Waals surface area contributed by atoms with Crippen molar-refractivity contribution in [3.05, 3.63) is 65.9 Å². The summed E-state index contributed by atoms with van der Waals surface area (Å²) in [5.41, 5.74) is 1.74. The van der Waals surface area contributed by atoms with Gasteiger partial charge >= 0.3 is 0 Å².